The third kappa shape index (κ3) is 3.36. The molecule has 1 heterocycles. The van der Waals surface area contributed by atoms with Crippen molar-refractivity contribution in [2.75, 3.05) is 27.2 Å². The minimum absolute atomic E-state index is 0.0927. The van der Waals surface area contributed by atoms with Crippen molar-refractivity contribution in [2.45, 2.75) is 0 Å². The lowest BCUT2D eigenvalue weighted by Crippen LogP contribution is -2.20. The number of nitrogens with two attached hydrogens (primary N) is 1. The first-order chi connectivity index (χ1) is 7.52. The van der Waals surface area contributed by atoms with Gasteiger partial charge in [0.2, 0.25) is 5.88 Å². The highest BCUT2D eigenvalue weighted by Crippen LogP contribution is 2.24. The van der Waals surface area contributed by atoms with Crippen LogP contribution in [0, 0.1) is 5.41 Å². The Morgan fingerprint density at radius 1 is 1.62 bits per heavy atom. The van der Waals surface area contributed by atoms with E-state index in [0.29, 0.717) is 18.1 Å². The summed E-state index contributed by atoms with van der Waals surface area (Å²) in [5.41, 5.74) is 5.81. The van der Waals surface area contributed by atoms with E-state index in [1.807, 2.05) is 19.0 Å². The van der Waals surface area contributed by atoms with E-state index in [1.165, 1.54) is 6.20 Å². The summed E-state index contributed by atoms with van der Waals surface area (Å²) in [6, 6.07) is 1.59. The molecular formula is C10H15ClN4O. The van der Waals surface area contributed by atoms with E-state index in [4.69, 9.17) is 27.5 Å². The maximum Gasteiger partial charge on any atom is 0.233 e. The van der Waals surface area contributed by atoms with Crippen molar-refractivity contribution in [1.29, 1.82) is 5.41 Å². The first kappa shape index (κ1) is 12.7. The van der Waals surface area contributed by atoms with Crippen LogP contribution in [0.3, 0.4) is 0 Å². The van der Waals surface area contributed by atoms with E-state index in [-0.39, 0.29) is 10.9 Å². The highest BCUT2D eigenvalue weighted by molar-refractivity contribution is 6.35. The predicted octanol–water partition coefficient (Wildman–Crippen LogP) is 0.959. The molecule has 0 amide bonds. The molecule has 0 aliphatic carbocycles. The number of amidine groups is 1. The average molecular weight is 243 g/mol. The van der Waals surface area contributed by atoms with Crippen molar-refractivity contribution in [3.63, 3.8) is 0 Å². The van der Waals surface area contributed by atoms with Crippen LogP contribution in [0.4, 0.5) is 0 Å². The van der Waals surface area contributed by atoms with Crippen molar-refractivity contribution in [2.24, 2.45) is 5.73 Å². The SMILES string of the molecule is CN(C)CCOc1nccc(C(=N)N)c1Cl. The van der Waals surface area contributed by atoms with Crippen molar-refractivity contribution in [1.82, 2.24) is 9.88 Å². The summed E-state index contributed by atoms with van der Waals surface area (Å²) in [5, 5.41) is 7.61. The number of hydrogen-bond acceptors (Lipinski definition) is 4. The molecule has 88 valence electrons. The van der Waals surface area contributed by atoms with Gasteiger partial charge < -0.3 is 15.4 Å². The van der Waals surface area contributed by atoms with Gasteiger partial charge in [-0.1, -0.05) is 11.6 Å². The minimum atomic E-state index is -0.0927. The van der Waals surface area contributed by atoms with Gasteiger partial charge in [-0.05, 0) is 20.2 Å². The van der Waals surface area contributed by atoms with Gasteiger partial charge in [0, 0.05) is 18.3 Å². The van der Waals surface area contributed by atoms with Crippen LogP contribution in [-0.4, -0.2) is 43.0 Å². The summed E-state index contributed by atoms with van der Waals surface area (Å²) >= 11 is 6.00. The number of nitrogens with zero attached hydrogens (tertiary/aromatic N) is 2. The van der Waals surface area contributed by atoms with E-state index in [9.17, 15) is 0 Å². The molecule has 6 heteroatoms. The quantitative estimate of drug-likeness (QED) is 0.596. The first-order valence-corrected chi connectivity index (χ1v) is 5.16. The molecule has 1 aromatic rings. The average Bonchev–Trinajstić information content (AvgIpc) is 2.19. The van der Waals surface area contributed by atoms with E-state index in [0.717, 1.165) is 6.54 Å². The normalized spacial score (nSPS) is 10.5. The summed E-state index contributed by atoms with van der Waals surface area (Å²) in [6.45, 7) is 1.25. The molecule has 0 radical (unpaired) electrons. The topological polar surface area (TPSA) is 75.2 Å². The molecule has 0 spiro atoms. The molecular weight excluding hydrogens is 228 g/mol. The number of halogens is 1. The van der Waals surface area contributed by atoms with Crippen molar-refractivity contribution < 1.29 is 4.74 Å². The number of pyridine rings is 1. The molecule has 0 saturated carbocycles. The van der Waals surface area contributed by atoms with Gasteiger partial charge in [0.15, 0.2) is 0 Å². The highest BCUT2D eigenvalue weighted by atomic mass is 35.5. The minimum Gasteiger partial charge on any atom is -0.475 e. The maximum absolute atomic E-state index is 7.32. The number of ether oxygens (including phenoxy) is 1. The standard InChI is InChI=1S/C10H15ClN4O/c1-15(2)5-6-16-10-8(11)7(9(12)13)3-4-14-10/h3-4H,5-6H2,1-2H3,(H3,12,13). The summed E-state index contributed by atoms with van der Waals surface area (Å²) in [4.78, 5) is 5.98. The number of nitrogens with one attached hydrogen (secondary N) is 1. The molecule has 0 saturated heterocycles. The molecule has 0 atom stereocenters. The van der Waals surface area contributed by atoms with E-state index >= 15 is 0 Å². The van der Waals surface area contributed by atoms with Gasteiger partial charge in [-0.25, -0.2) is 4.98 Å². The largest absolute Gasteiger partial charge is 0.475 e. The number of nitrogen functional groups attached to an aromatic ring is 1. The Hall–Kier alpha value is -1.33. The van der Waals surface area contributed by atoms with Crippen molar-refractivity contribution in [3.05, 3.63) is 22.8 Å². The monoisotopic (exact) mass is 242 g/mol. The first-order valence-electron chi connectivity index (χ1n) is 4.78. The third-order valence-corrected chi connectivity index (χ3v) is 2.29. The van der Waals surface area contributed by atoms with Gasteiger partial charge >= 0.3 is 0 Å². The van der Waals surface area contributed by atoms with Crippen LogP contribution < -0.4 is 10.5 Å². The predicted molar refractivity (Wildman–Crippen MR) is 64.3 cm³/mol. The fourth-order valence-electron chi connectivity index (χ4n) is 1.06. The summed E-state index contributed by atoms with van der Waals surface area (Å²) in [5.74, 6) is 0.223. The molecule has 0 aromatic carbocycles. The lowest BCUT2D eigenvalue weighted by molar-refractivity contribution is 0.254. The number of rotatable bonds is 5. The van der Waals surface area contributed by atoms with Gasteiger partial charge in [-0.2, -0.15) is 0 Å². The van der Waals surface area contributed by atoms with E-state index < -0.39 is 0 Å². The molecule has 0 aliphatic rings. The molecule has 1 rings (SSSR count). The zero-order chi connectivity index (χ0) is 12.1. The summed E-state index contributed by atoms with van der Waals surface area (Å²) in [6.07, 6.45) is 1.52. The second kappa shape index (κ2) is 5.67. The smallest absolute Gasteiger partial charge is 0.233 e. The fourth-order valence-corrected chi connectivity index (χ4v) is 1.33. The zero-order valence-corrected chi connectivity index (χ0v) is 10.1. The molecule has 1 aromatic heterocycles. The van der Waals surface area contributed by atoms with E-state index in [1.54, 1.807) is 6.07 Å². The Morgan fingerprint density at radius 2 is 2.31 bits per heavy atom. The number of hydrogen-bond donors (Lipinski definition) is 2. The van der Waals surface area contributed by atoms with Gasteiger partial charge in [0.25, 0.3) is 0 Å². The van der Waals surface area contributed by atoms with Gasteiger partial charge in [0.05, 0.1) is 0 Å². The highest BCUT2D eigenvalue weighted by Gasteiger charge is 2.10. The molecule has 0 fully saturated rings. The Labute approximate surface area is 99.7 Å². The Morgan fingerprint density at radius 3 is 2.88 bits per heavy atom. The van der Waals surface area contributed by atoms with E-state index in [2.05, 4.69) is 4.98 Å². The second-order valence-electron chi connectivity index (χ2n) is 3.54. The molecule has 0 bridgehead atoms. The molecule has 3 N–H and O–H groups in total. The maximum atomic E-state index is 7.32. The van der Waals surface area contributed by atoms with Gasteiger partial charge in [-0.15, -0.1) is 0 Å². The molecule has 0 aliphatic heterocycles. The Balaban J connectivity index is 2.73. The Bertz CT molecular complexity index is 381. The molecule has 16 heavy (non-hydrogen) atoms. The number of aromatic nitrogens is 1. The third-order valence-electron chi connectivity index (χ3n) is 1.92. The summed E-state index contributed by atoms with van der Waals surface area (Å²) in [7, 11) is 3.90. The second-order valence-corrected chi connectivity index (χ2v) is 3.92. The Kier molecular flexibility index (Phi) is 4.52. The van der Waals surface area contributed by atoms with Crippen LogP contribution in [0.25, 0.3) is 0 Å². The lowest BCUT2D eigenvalue weighted by atomic mass is 10.2. The molecule has 5 nitrogen and oxygen atoms in total. The van der Waals surface area contributed by atoms with Crippen LogP contribution in [0.1, 0.15) is 5.56 Å². The lowest BCUT2D eigenvalue weighted by Gasteiger charge is -2.12. The van der Waals surface area contributed by atoms with Crippen molar-refractivity contribution in [3.8, 4) is 5.88 Å². The fraction of sp³-hybridized carbons (Fsp3) is 0.400. The van der Waals surface area contributed by atoms with Crippen LogP contribution in [0.5, 0.6) is 5.88 Å². The zero-order valence-electron chi connectivity index (χ0n) is 9.33. The van der Waals surface area contributed by atoms with Crippen LogP contribution in [-0.2, 0) is 0 Å². The van der Waals surface area contributed by atoms with Crippen LogP contribution in [0.15, 0.2) is 12.3 Å². The van der Waals surface area contributed by atoms with Crippen LogP contribution in [0.2, 0.25) is 5.02 Å². The van der Waals surface area contributed by atoms with Crippen molar-refractivity contribution >= 4 is 17.4 Å². The summed E-state index contributed by atoms with van der Waals surface area (Å²) < 4.78 is 5.40. The van der Waals surface area contributed by atoms with Gasteiger partial charge in [0.1, 0.15) is 17.5 Å². The number of likely N-dealkylation sites (N-methyl/N-ethyl adjacent to an activating group) is 1. The molecule has 0 unspecified atom stereocenters. The van der Waals surface area contributed by atoms with Crippen LogP contribution >= 0.6 is 11.6 Å². The van der Waals surface area contributed by atoms with Gasteiger partial charge in [-0.3, -0.25) is 5.41 Å².